The Kier molecular flexibility index (Phi) is 2.99. The van der Waals surface area contributed by atoms with Crippen molar-refractivity contribution in [3.8, 4) is 5.75 Å². The molecule has 3 aromatic rings. The van der Waals surface area contributed by atoms with Crippen molar-refractivity contribution in [3.63, 3.8) is 0 Å². The summed E-state index contributed by atoms with van der Waals surface area (Å²) in [6.07, 6.45) is 3.87. The van der Waals surface area contributed by atoms with E-state index < -0.39 is 0 Å². The highest BCUT2D eigenvalue weighted by molar-refractivity contribution is 5.86. The fourth-order valence-corrected chi connectivity index (χ4v) is 2.18. The second-order valence-electron chi connectivity index (χ2n) is 4.78. The molecule has 0 amide bonds. The van der Waals surface area contributed by atoms with Crippen LogP contribution in [0.2, 0.25) is 0 Å². The minimum Gasteiger partial charge on any atom is -0.490 e. The van der Waals surface area contributed by atoms with Crippen LogP contribution in [0.5, 0.6) is 5.75 Å². The van der Waals surface area contributed by atoms with E-state index in [-0.39, 0.29) is 6.10 Å². The summed E-state index contributed by atoms with van der Waals surface area (Å²) < 4.78 is 13.1. The normalized spacial score (nSPS) is 11.3. The Hall–Kier alpha value is -2.23. The lowest BCUT2D eigenvalue weighted by Gasteiger charge is -2.11. The molecule has 4 heteroatoms. The number of aromatic nitrogens is 2. The first-order valence-corrected chi connectivity index (χ1v) is 6.38. The molecule has 0 radical (unpaired) electrons. The van der Waals surface area contributed by atoms with Crippen LogP contribution >= 0.6 is 0 Å². The third-order valence-electron chi connectivity index (χ3n) is 2.95. The monoisotopic (exact) mass is 256 g/mol. The smallest absolute Gasteiger partial charge is 0.156 e. The van der Waals surface area contributed by atoms with Crippen molar-refractivity contribution in [2.24, 2.45) is 0 Å². The quantitative estimate of drug-likeness (QED) is 0.717. The van der Waals surface area contributed by atoms with Crippen LogP contribution in [0, 0.1) is 0 Å². The summed E-state index contributed by atoms with van der Waals surface area (Å²) in [5, 5.41) is 4.85. The molecule has 98 valence electrons. The van der Waals surface area contributed by atoms with Crippen molar-refractivity contribution in [3.05, 3.63) is 48.5 Å². The molecule has 0 aliphatic heterocycles. The van der Waals surface area contributed by atoms with Gasteiger partial charge in [0.05, 0.1) is 24.4 Å². The summed E-state index contributed by atoms with van der Waals surface area (Å²) in [6, 6.07) is 10.0. The van der Waals surface area contributed by atoms with Crippen LogP contribution in [-0.4, -0.2) is 15.8 Å². The average molecular weight is 256 g/mol. The molecule has 2 heterocycles. The van der Waals surface area contributed by atoms with Gasteiger partial charge in [0.1, 0.15) is 5.75 Å². The third-order valence-corrected chi connectivity index (χ3v) is 2.95. The van der Waals surface area contributed by atoms with Crippen molar-refractivity contribution in [2.75, 3.05) is 0 Å². The van der Waals surface area contributed by atoms with E-state index >= 15 is 0 Å². The molecule has 3 rings (SSSR count). The Morgan fingerprint density at radius 1 is 1.26 bits per heavy atom. The number of hydrogen-bond acceptors (Lipinski definition) is 3. The summed E-state index contributed by atoms with van der Waals surface area (Å²) in [6.45, 7) is 4.74. The molecular weight excluding hydrogens is 240 g/mol. The maximum Gasteiger partial charge on any atom is 0.156 e. The fourth-order valence-electron chi connectivity index (χ4n) is 2.18. The van der Waals surface area contributed by atoms with Crippen LogP contribution in [0.3, 0.4) is 0 Å². The predicted octanol–water partition coefficient (Wildman–Crippen LogP) is 3.46. The molecule has 0 fully saturated rings. The molecule has 0 spiro atoms. The van der Waals surface area contributed by atoms with Crippen molar-refractivity contribution < 1.29 is 9.26 Å². The van der Waals surface area contributed by atoms with Gasteiger partial charge in [0.15, 0.2) is 5.76 Å². The number of nitrogens with zero attached hydrogens (tertiary/aromatic N) is 2. The zero-order valence-corrected chi connectivity index (χ0v) is 11.0. The number of hydrogen-bond donors (Lipinski definition) is 0. The van der Waals surface area contributed by atoms with E-state index in [0.29, 0.717) is 6.54 Å². The van der Waals surface area contributed by atoms with Gasteiger partial charge < -0.3 is 13.8 Å². The average Bonchev–Trinajstić information content (AvgIpc) is 3.00. The molecule has 0 saturated carbocycles. The lowest BCUT2D eigenvalue weighted by Crippen LogP contribution is -2.05. The zero-order chi connectivity index (χ0) is 13.2. The third kappa shape index (κ3) is 2.34. The molecule has 0 saturated heterocycles. The van der Waals surface area contributed by atoms with Gasteiger partial charge in [-0.15, -0.1) is 0 Å². The van der Waals surface area contributed by atoms with Gasteiger partial charge in [0.25, 0.3) is 0 Å². The standard InChI is InChI=1S/C15H16N2O2/c1-11(2)18-15-5-3-4-14-13(15)7-9-17(14)10-12-6-8-16-19-12/h3-9,11H,10H2,1-2H3. The molecule has 0 aliphatic carbocycles. The highest BCUT2D eigenvalue weighted by Gasteiger charge is 2.09. The van der Waals surface area contributed by atoms with Gasteiger partial charge in [-0.3, -0.25) is 0 Å². The topological polar surface area (TPSA) is 40.2 Å². The van der Waals surface area contributed by atoms with Crippen molar-refractivity contribution in [1.29, 1.82) is 0 Å². The summed E-state index contributed by atoms with van der Waals surface area (Å²) >= 11 is 0. The second kappa shape index (κ2) is 4.80. The Labute approximate surface area is 111 Å². The fraction of sp³-hybridized carbons (Fsp3) is 0.267. The van der Waals surface area contributed by atoms with Crippen LogP contribution in [-0.2, 0) is 6.54 Å². The zero-order valence-electron chi connectivity index (χ0n) is 11.0. The van der Waals surface area contributed by atoms with Crippen molar-refractivity contribution in [1.82, 2.24) is 9.72 Å². The first-order chi connectivity index (χ1) is 9.24. The Morgan fingerprint density at radius 2 is 2.16 bits per heavy atom. The SMILES string of the molecule is CC(C)Oc1cccc2c1ccn2Cc1ccno1. The summed E-state index contributed by atoms with van der Waals surface area (Å²) in [5.74, 6) is 1.76. The number of benzene rings is 1. The summed E-state index contributed by atoms with van der Waals surface area (Å²) in [7, 11) is 0. The van der Waals surface area contributed by atoms with E-state index in [1.807, 2.05) is 38.2 Å². The van der Waals surface area contributed by atoms with Gasteiger partial charge in [-0.25, -0.2) is 0 Å². The van der Waals surface area contributed by atoms with Crippen molar-refractivity contribution in [2.45, 2.75) is 26.5 Å². The first kappa shape index (κ1) is 11.8. The molecule has 19 heavy (non-hydrogen) atoms. The largest absolute Gasteiger partial charge is 0.490 e. The maximum absolute atomic E-state index is 5.83. The predicted molar refractivity (Wildman–Crippen MR) is 73.3 cm³/mol. The molecule has 0 N–H and O–H groups in total. The summed E-state index contributed by atoms with van der Waals surface area (Å²) in [5.41, 5.74) is 1.13. The lowest BCUT2D eigenvalue weighted by molar-refractivity contribution is 0.245. The maximum atomic E-state index is 5.83. The van der Waals surface area contributed by atoms with Crippen LogP contribution in [0.4, 0.5) is 0 Å². The Bertz CT molecular complexity index is 669. The van der Waals surface area contributed by atoms with Gasteiger partial charge in [-0.2, -0.15) is 0 Å². The van der Waals surface area contributed by atoms with Gasteiger partial charge in [0, 0.05) is 17.6 Å². The molecule has 0 unspecified atom stereocenters. The highest BCUT2D eigenvalue weighted by Crippen LogP contribution is 2.27. The van der Waals surface area contributed by atoms with E-state index in [0.717, 1.165) is 22.4 Å². The van der Waals surface area contributed by atoms with Crippen LogP contribution < -0.4 is 4.74 Å². The number of fused-ring (bicyclic) bond motifs is 1. The van der Waals surface area contributed by atoms with Gasteiger partial charge in [0.2, 0.25) is 0 Å². The lowest BCUT2D eigenvalue weighted by atomic mass is 10.2. The highest BCUT2D eigenvalue weighted by atomic mass is 16.5. The molecule has 1 aromatic carbocycles. The second-order valence-corrected chi connectivity index (χ2v) is 4.78. The molecule has 0 atom stereocenters. The van der Waals surface area contributed by atoms with Crippen LogP contribution in [0.25, 0.3) is 10.9 Å². The first-order valence-electron chi connectivity index (χ1n) is 6.38. The molecule has 0 bridgehead atoms. The molecule has 0 aliphatic rings. The van der Waals surface area contributed by atoms with Gasteiger partial charge in [-0.1, -0.05) is 11.2 Å². The minimum atomic E-state index is 0.170. The van der Waals surface area contributed by atoms with E-state index in [1.54, 1.807) is 6.20 Å². The Balaban J connectivity index is 1.99. The van der Waals surface area contributed by atoms with Gasteiger partial charge in [-0.05, 0) is 32.0 Å². The van der Waals surface area contributed by atoms with Gasteiger partial charge >= 0.3 is 0 Å². The van der Waals surface area contributed by atoms with Crippen molar-refractivity contribution >= 4 is 10.9 Å². The number of ether oxygens (including phenoxy) is 1. The molecular formula is C15H16N2O2. The van der Waals surface area contributed by atoms with E-state index in [1.165, 1.54) is 0 Å². The van der Waals surface area contributed by atoms with E-state index in [9.17, 15) is 0 Å². The van der Waals surface area contributed by atoms with E-state index in [4.69, 9.17) is 9.26 Å². The number of rotatable bonds is 4. The molecule has 2 aromatic heterocycles. The van der Waals surface area contributed by atoms with E-state index in [2.05, 4.69) is 21.9 Å². The summed E-state index contributed by atoms with van der Waals surface area (Å²) in [4.78, 5) is 0. The minimum absolute atomic E-state index is 0.170. The Morgan fingerprint density at radius 3 is 2.89 bits per heavy atom. The molecule has 4 nitrogen and oxygen atoms in total. The van der Waals surface area contributed by atoms with Crippen LogP contribution in [0.15, 0.2) is 47.2 Å². The van der Waals surface area contributed by atoms with Crippen LogP contribution in [0.1, 0.15) is 19.6 Å².